The number of carbonyl (C=O) groups is 2. The van der Waals surface area contributed by atoms with E-state index in [9.17, 15) is 18.0 Å². The van der Waals surface area contributed by atoms with Gasteiger partial charge in [0.25, 0.3) is 11.8 Å². The SMILES string of the molecule is Cc1ccc(NC(=O)COc2ccc(/C=N\NC(=O)CN(c3cc(C)ccc3C)S(C)(=O)=O)cc2)cc1. The van der Waals surface area contributed by atoms with Crippen LogP contribution in [0, 0.1) is 20.8 Å². The number of carbonyl (C=O) groups excluding carboxylic acids is 2. The van der Waals surface area contributed by atoms with Crippen molar-refractivity contribution in [2.24, 2.45) is 5.10 Å². The summed E-state index contributed by atoms with van der Waals surface area (Å²) in [5, 5.41) is 6.68. The van der Waals surface area contributed by atoms with Gasteiger partial charge in [-0.2, -0.15) is 5.10 Å². The van der Waals surface area contributed by atoms with Crippen molar-refractivity contribution < 1.29 is 22.7 Å². The van der Waals surface area contributed by atoms with Crippen LogP contribution in [0.3, 0.4) is 0 Å². The van der Waals surface area contributed by atoms with Gasteiger partial charge in [0.1, 0.15) is 12.3 Å². The zero-order valence-electron chi connectivity index (χ0n) is 21.2. The van der Waals surface area contributed by atoms with Gasteiger partial charge in [-0.05, 0) is 79.9 Å². The smallest absolute Gasteiger partial charge is 0.262 e. The van der Waals surface area contributed by atoms with Crippen LogP contribution in [0.1, 0.15) is 22.3 Å². The standard InChI is InChI=1S/C27H30N4O5S/c1-19-6-11-23(12-7-19)29-27(33)18-36-24-13-9-22(10-14-24)16-28-30-26(32)17-31(37(4,34)35)25-15-20(2)5-8-21(25)3/h5-16H,17-18H2,1-4H3,(H,29,33)(H,30,32)/b28-16-. The highest BCUT2D eigenvalue weighted by Crippen LogP contribution is 2.23. The van der Waals surface area contributed by atoms with Crippen LogP contribution in [-0.2, 0) is 19.6 Å². The minimum atomic E-state index is -3.69. The van der Waals surface area contributed by atoms with Gasteiger partial charge in [0.2, 0.25) is 10.0 Å². The second kappa shape index (κ2) is 12.2. The molecule has 0 bridgehead atoms. The minimum absolute atomic E-state index is 0.144. The summed E-state index contributed by atoms with van der Waals surface area (Å²) in [7, 11) is -3.69. The summed E-state index contributed by atoms with van der Waals surface area (Å²) in [6, 6.07) is 19.6. The van der Waals surface area contributed by atoms with Crippen molar-refractivity contribution in [3.63, 3.8) is 0 Å². The van der Waals surface area contributed by atoms with Gasteiger partial charge < -0.3 is 10.1 Å². The molecular formula is C27H30N4O5S. The second-order valence-corrected chi connectivity index (χ2v) is 10.5. The highest BCUT2D eigenvalue weighted by atomic mass is 32.2. The van der Waals surface area contributed by atoms with Crippen molar-refractivity contribution in [2.75, 3.05) is 29.0 Å². The monoisotopic (exact) mass is 522 g/mol. The summed E-state index contributed by atoms with van der Waals surface area (Å²) < 4.78 is 31.2. The Morgan fingerprint density at radius 1 is 0.919 bits per heavy atom. The van der Waals surface area contributed by atoms with Gasteiger partial charge in [0.05, 0.1) is 18.2 Å². The maximum Gasteiger partial charge on any atom is 0.262 e. The van der Waals surface area contributed by atoms with Crippen molar-refractivity contribution in [3.8, 4) is 5.75 Å². The topological polar surface area (TPSA) is 117 Å². The molecule has 0 aliphatic rings. The Bertz CT molecular complexity index is 1390. The lowest BCUT2D eigenvalue weighted by atomic mass is 10.1. The predicted octanol–water partition coefficient (Wildman–Crippen LogP) is 3.55. The Morgan fingerprint density at radius 3 is 2.22 bits per heavy atom. The van der Waals surface area contributed by atoms with E-state index in [1.165, 1.54) is 6.21 Å². The lowest BCUT2D eigenvalue weighted by Crippen LogP contribution is -2.39. The molecule has 10 heteroatoms. The Kier molecular flexibility index (Phi) is 9.02. The fourth-order valence-corrected chi connectivity index (χ4v) is 4.25. The molecule has 37 heavy (non-hydrogen) atoms. The number of sulfonamides is 1. The molecule has 3 aromatic carbocycles. The average molecular weight is 523 g/mol. The van der Waals surface area contributed by atoms with E-state index in [2.05, 4.69) is 15.8 Å². The van der Waals surface area contributed by atoms with Crippen LogP contribution in [-0.4, -0.2) is 45.9 Å². The number of ether oxygens (including phenoxy) is 1. The summed E-state index contributed by atoms with van der Waals surface area (Å²) in [6.45, 7) is 5.06. The van der Waals surface area contributed by atoms with Gasteiger partial charge in [0.15, 0.2) is 6.61 Å². The van der Waals surface area contributed by atoms with E-state index >= 15 is 0 Å². The van der Waals surface area contributed by atoms with Gasteiger partial charge in [-0.15, -0.1) is 0 Å². The van der Waals surface area contributed by atoms with Crippen molar-refractivity contribution in [1.82, 2.24) is 5.43 Å². The first-order chi connectivity index (χ1) is 17.5. The number of benzene rings is 3. The molecule has 0 aliphatic heterocycles. The van der Waals surface area contributed by atoms with Gasteiger partial charge >= 0.3 is 0 Å². The number of hydrogen-bond acceptors (Lipinski definition) is 6. The van der Waals surface area contributed by atoms with E-state index in [1.54, 1.807) is 37.3 Å². The molecule has 0 radical (unpaired) electrons. The van der Waals surface area contributed by atoms with Crippen LogP contribution < -0.4 is 19.8 Å². The molecule has 3 rings (SSSR count). The number of hydrazone groups is 1. The first-order valence-electron chi connectivity index (χ1n) is 11.5. The van der Waals surface area contributed by atoms with Gasteiger partial charge in [0, 0.05) is 5.69 Å². The molecule has 2 N–H and O–H groups in total. The van der Waals surface area contributed by atoms with Crippen LogP contribution in [0.25, 0.3) is 0 Å². The van der Waals surface area contributed by atoms with E-state index in [0.717, 1.165) is 27.3 Å². The van der Waals surface area contributed by atoms with E-state index in [1.807, 2.05) is 50.2 Å². The fourth-order valence-electron chi connectivity index (χ4n) is 3.35. The van der Waals surface area contributed by atoms with Crippen molar-refractivity contribution >= 4 is 39.4 Å². The van der Waals surface area contributed by atoms with Crippen LogP contribution in [0.4, 0.5) is 11.4 Å². The molecule has 2 amide bonds. The first kappa shape index (κ1) is 27.4. The molecule has 0 unspecified atom stereocenters. The van der Waals surface area contributed by atoms with E-state index < -0.39 is 22.5 Å². The molecule has 3 aromatic rings. The molecule has 0 aromatic heterocycles. The van der Waals surface area contributed by atoms with Crippen LogP contribution in [0.15, 0.2) is 71.8 Å². The van der Waals surface area contributed by atoms with Gasteiger partial charge in [-0.25, -0.2) is 13.8 Å². The van der Waals surface area contributed by atoms with Crippen molar-refractivity contribution in [2.45, 2.75) is 20.8 Å². The number of nitrogens with zero attached hydrogens (tertiary/aromatic N) is 2. The Labute approximate surface area is 217 Å². The summed E-state index contributed by atoms with van der Waals surface area (Å²) in [5.41, 5.74) is 6.90. The fraction of sp³-hybridized carbons (Fsp3) is 0.222. The normalized spacial score (nSPS) is 11.2. The minimum Gasteiger partial charge on any atom is -0.484 e. The second-order valence-electron chi connectivity index (χ2n) is 8.62. The predicted molar refractivity (Wildman–Crippen MR) is 146 cm³/mol. The van der Waals surface area contributed by atoms with Gasteiger partial charge in [-0.3, -0.25) is 13.9 Å². The molecule has 0 fully saturated rings. The zero-order valence-corrected chi connectivity index (χ0v) is 22.0. The summed E-state index contributed by atoms with van der Waals surface area (Å²) in [4.78, 5) is 24.5. The number of anilines is 2. The van der Waals surface area contributed by atoms with E-state index in [4.69, 9.17) is 4.74 Å². The van der Waals surface area contributed by atoms with E-state index in [0.29, 0.717) is 22.7 Å². The first-order valence-corrected chi connectivity index (χ1v) is 13.3. The molecule has 0 spiro atoms. The lowest BCUT2D eigenvalue weighted by Gasteiger charge is -2.23. The highest BCUT2D eigenvalue weighted by molar-refractivity contribution is 7.92. The van der Waals surface area contributed by atoms with Crippen LogP contribution >= 0.6 is 0 Å². The van der Waals surface area contributed by atoms with Crippen LogP contribution in [0.5, 0.6) is 5.75 Å². The van der Waals surface area contributed by atoms with Gasteiger partial charge in [-0.1, -0.05) is 29.8 Å². The molecule has 0 atom stereocenters. The molecule has 0 saturated heterocycles. The zero-order chi connectivity index (χ0) is 27.0. The maximum absolute atomic E-state index is 12.4. The Morgan fingerprint density at radius 2 is 1.57 bits per heavy atom. The third kappa shape index (κ3) is 8.46. The lowest BCUT2D eigenvalue weighted by molar-refractivity contribution is -0.119. The molecule has 0 aliphatic carbocycles. The summed E-state index contributed by atoms with van der Waals surface area (Å²) >= 11 is 0. The van der Waals surface area contributed by atoms with Crippen LogP contribution in [0.2, 0.25) is 0 Å². The van der Waals surface area contributed by atoms with Crippen molar-refractivity contribution in [3.05, 3.63) is 89.0 Å². The Hall–Kier alpha value is -4.18. The third-order valence-electron chi connectivity index (χ3n) is 5.31. The van der Waals surface area contributed by atoms with Crippen molar-refractivity contribution in [1.29, 1.82) is 0 Å². The highest BCUT2D eigenvalue weighted by Gasteiger charge is 2.22. The number of aryl methyl sites for hydroxylation is 3. The number of amides is 2. The number of rotatable bonds is 10. The van der Waals surface area contributed by atoms with E-state index in [-0.39, 0.29) is 12.5 Å². The number of hydrogen-bond donors (Lipinski definition) is 2. The summed E-state index contributed by atoms with van der Waals surface area (Å²) in [6.07, 6.45) is 2.48. The third-order valence-corrected chi connectivity index (χ3v) is 6.44. The maximum atomic E-state index is 12.4. The molecule has 9 nitrogen and oxygen atoms in total. The molecule has 194 valence electrons. The molecule has 0 saturated carbocycles. The summed E-state index contributed by atoms with van der Waals surface area (Å²) in [5.74, 6) is -0.360. The molecular weight excluding hydrogens is 492 g/mol. The Balaban J connectivity index is 1.51. The molecule has 0 heterocycles. The largest absolute Gasteiger partial charge is 0.484 e. The number of nitrogens with one attached hydrogen (secondary N) is 2. The quantitative estimate of drug-likeness (QED) is 0.312. The average Bonchev–Trinajstić information content (AvgIpc) is 2.84.